The number of aliphatic carboxylic acids is 1. The maximum Gasteiger partial charge on any atom is 1.00 e. The van der Waals surface area contributed by atoms with Gasteiger partial charge in [0.1, 0.15) is 11.6 Å². The molecule has 0 aliphatic carbocycles. The number of aliphatic hydroxyl groups excluding tert-OH is 2. The van der Waals surface area contributed by atoms with Crippen molar-refractivity contribution in [2.45, 2.75) is 64.3 Å². The molecule has 34 heavy (non-hydrogen) atoms. The van der Waals surface area contributed by atoms with E-state index < -0.39 is 40.4 Å². The van der Waals surface area contributed by atoms with Gasteiger partial charge < -0.3 is 24.7 Å². The first-order chi connectivity index (χ1) is 15.3. The van der Waals surface area contributed by atoms with Gasteiger partial charge >= 0.3 is 29.6 Å². The minimum absolute atomic E-state index is 0. The number of carbonyl (C=O) groups is 1. The fourth-order valence-electron chi connectivity index (χ4n) is 3.64. The Kier molecular flexibility index (Phi) is 11.8. The summed E-state index contributed by atoms with van der Waals surface area (Å²) in [5.41, 5.74) is 1.91. The number of benzene rings is 1. The standard InChI is InChI=1S/C22H32FN3O6S.Na/c1-14(2)26-19(10-9-17(27)11-18(28)12-21(29)30)22(15-5-7-16(23)8-6-15)24-20(26)13-25(3)33(4,31)32;/h5-8,14,17-18,27-28H,9-13H2,1-4H3,(H,29,30);/q;+1/p-1/t17-,18-;/m1./s1. The van der Waals surface area contributed by atoms with Gasteiger partial charge in [0.05, 0.1) is 30.7 Å². The first kappa shape index (κ1) is 30.7. The van der Waals surface area contributed by atoms with Crippen molar-refractivity contribution in [3.05, 3.63) is 41.6 Å². The van der Waals surface area contributed by atoms with Crippen LogP contribution in [0.1, 0.15) is 50.7 Å². The third-order valence-corrected chi connectivity index (χ3v) is 6.57. The van der Waals surface area contributed by atoms with Crippen molar-refractivity contribution in [3.8, 4) is 11.3 Å². The molecule has 12 heteroatoms. The number of hydrogen-bond donors (Lipinski definition) is 2. The molecule has 0 fully saturated rings. The summed E-state index contributed by atoms with van der Waals surface area (Å²) in [7, 11) is -2.00. The SMILES string of the molecule is CC(C)n1c(CN(C)S(C)(=O)=O)nc(-c2ccc(F)cc2)c1CC[C@@H](O)C[C@@H](O)CC(=O)[O-].[Na+]. The molecule has 9 nitrogen and oxygen atoms in total. The van der Waals surface area contributed by atoms with Crippen molar-refractivity contribution in [1.82, 2.24) is 13.9 Å². The van der Waals surface area contributed by atoms with E-state index in [1.165, 1.54) is 23.5 Å². The maximum atomic E-state index is 13.5. The molecule has 2 aromatic rings. The van der Waals surface area contributed by atoms with Crippen LogP contribution in [0, 0.1) is 5.82 Å². The van der Waals surface area contributed by atoms with Gasteiger partial charge in [0.25, 0.3) is 0 Å². The van der Waals surface area contributed by atoms with Crippen LogP contribution in [0.15, 0.2) is 24.3 Å². The minimum Gasteiger partial charge on any atom is -0.550 e. The van der Waals surface area contributed by atoms with Gasteiger partial charge in [0, 0.05) is 36.7 Å². The summed E-state index contributed by atoms with van der Waals surface area (Å²) >= 11 is 0. The van der Waals surface area contributed by atoms with E-state index in [-0.39, 0.29) is 55.0 Å². The van der Waals surface area contributed by atoms with Crippen LogP contribution in [0.4, 0.5) is 4.39 Å². The number of imidazole rings is 1. The van der Waals surface area contributed by atoms with Gasteiger partial charge in [0.15, 0.2) is 0 Å². The number of carboxylic acid groups (broad SMARTS) is 1. The number of rotatable bonds is 12. The van der Waals surface area contributed by atoms with Crippen LogP contribution in [0.2, 0.25) is 0 Å². The molecule has 0 radical (unpaired) electrons. The quantitative estimate of drug-likeness (QED) is 0.313. The molecule has 2 N–H and O–H groups in total. The fourth-order valence-corrected chi connectivity index (χ4v) is 3.99. The Labute approximate surface area is 222 Å². The molecule has 1 heterocycles. The predicted octanol–water partition coefficient (Wildman–Crippen LogP) is -2.15. The Bertz CT molecular complexity index is 1060. The van der Waals surface area contributed by atoms with Crippen molar-refractivity contribution in [2.75, 3.05) is 13.3 Å². The van der Waals surface area contributed by atoms with Crippen LogP contribution in [0.25, 0.3) is 11.3 Å². The van der Waals surface area contributed by atoms with E-state index in [1.54, 1.807) is 12.1 Å². The van der Waals surface area contributed by atoms with Crippen LogP contribution in [0.3, 0.4) is 0 Å². The number of nitrogens with zero attached hydrogens (tertiary/aromatic N) is 3. The average Bonchev–Trinajstić information content (AvgIpc) is 3.03. The summed E-state index contributed by atoms with van der Waals surface area (Å²) in [6.07, 6.45) is -1.26. The second-order valence-corrected chi connectivity index (χ2v) is 10.6. The number of aliphatic hydroxyl groups is 2. The zero-order valence-electron chi connectivity index (χ0n) is 20.2. The number of halogens is 1. The normalized spacial score (nSPS) is 13.7. The maximum absolute atomic E-state index is 13.5. The number of sulfonamides is 1. The molecule has 1 aromatic heterocycles. The van der Waals surface area contributed by atoms with Crippen molar-refractivity contribution in [3.63, 3.8) is 0 Å². The Balaban J connectivity index is 0.00000578. The zero-order chi connectivity index (χ0) is 24.9. The molecule has 0 saturated carbocycles. The van der Waals surface area contributed by atoms with E-state index in [0.717, 1.165) is 11.9 Å². The van der Waals surface area contributed by atoms with Gasteiger partial charge in [0.2, 0.25) is 10.0 Å². The third-order valence-electron chi connectivity index (χ3n) is 5.31. The second kappa shape index (κ2) is 13.1. The Morgan fingerprint density at radius 3 is 2.29 bits per heavy atom. The fraction of sp³-hybridized carbons (Fsp3) is 0.545. The van der Waals surface area contributed by atoms with Crippen LogP contribution >= 0.6 is 0 Å². The molecule has 1 aromatic carbocycles. The van der Waals surface area contributed by atoms with Crippen molar-refractivity contribution >= 4 is 16.0 Å². The van der Waals surface area contributed by atoms with E-state index in [1.807, 2.05) is 18.4 Å². The molecule has 184 valence electrons. The van der Waals surface area contributed by atoms with Gasteiger partial charge in [-0.3, -0.25) is 0 Å². The first-order valence-corrected chi connectivity index (χ1v) is 12.5. The smallest absolute Gasteiger partial charge is 0.550 e. The van der Waals surface area contributed by atoms with Gasteiger partial charge in [-0.2, -0.15) is 4.31 Å². The summed E-state index contributed by atoms with van der Waals surface area (Å²) < 4.78 is 40.5. The molecule has 0 spiro atoms. The Hall–Kier alpha value is -1.34. The Morgan fingerprint density at radius 1 is 1.21 bits per heavy atom. The van der Waals surface area contributed by atoms with Crippen molar-refractivity contribution in [2.24, 2.45) is 0 Å². The molecular formula is C22H31FN3NaO6S. The molecule has 0 aliphatic heterocycles. The molecule has 0 aliphatic rings. The number of aromatic nitrogens is 2. The van der Waals surface area contributed by atoms with E-state index in [2.05, 4.69) is 4.98 Å². The molecule has 0 saturated heterocycles. The van der Waals surface area contributed by atoms with Crippen LogP contribution < -0.4 is 34.7 Å². The topological polar surface area (TPSA) is 136 Å². The Morgan fingerprint density at radius 2 is 1.79 bits per heavy atom. The van der Waals surface area contributed by atoms with E-state index in [4.69, 9.17) is 0 Å². The first-order valence-electron chi connectivity index (χ1n) is 10.6. The van der Waals surface area contributed by atoms with Gasteiger partial charge in [-0.25, -0.2) is 17.8 Å². The summed E-state index contributed by atoms with van der Waals surface area (Å²) in [6, 6.07) is 5.68. The molecular weight excluding hydrogens is 476 g/mol. The van der Waals surface area contributed by atoms with Crippen molar-refractivity contribution < 1.29 is 62.5 Å². The molecule has 2 atom stereocenters. The van der Waals surface area contributed by atoms with Crippen LogP contribution in [-0.4, -0.2) is 64.0 Å². The van der Waals surface area contributed by atoms with Crippen LogP contribution in [-0.2, 0) is 27.8 Å². The number of hydrogen-bond acceptors (Lipinski definition) is 7. The van der Waals surface area contributed by atoms with E-state index >= 15 is 0 Å². The zero-order valence-corrected chi connectivity index (χ0v) is 23.0. The van der Waals surface area contributed by atoms with Gasteiger partial charge in [-0.1, -0.05) is 0 Å². The van der Waals surface area contributed by atoms with E-state index in [9.17, 15) is 32.9 Å². The summed E-state index contributed by atoms with van der Waals surface area (Å²) in [5, 5.41) is 30.8. The number of carboxylic acids is 1. The van der Waals surface area contributed by atoms with Gasteiger partial charge in [-0.15, -0.1) is 0 Å². The summed E-state index contributed by atoms with van der Waals surface area (Å²) in [6.45, 7) is 3.87. The van der Waals surface area contributed by atoms with Crippen LogP contribution in [0.5, 0.6) is 0 Å². The van der Waals surface area contributed by atoms with E-state index in [0.29, 0.717) is 23.5 Å². The minimum atomic E-state index is -3.46. The molecule has 0 unspecified atom stereocenters. The average molecular weight is 508 g/mol. The summed E-state index contributed by atoms with van der Waals surface area (Å²) in [5.74, 6) is -1.30. The molecule has 2 rings (SSSR count). The second-order valence-electron chi connectivity index (χ2n) is 8.47. The monoisotopic (exact) mass is 507 g/mol. The largest absolute Gasteiger partial charge is 1.00 e. The number of carbonyl (C=O) groups excluding carboxylic acids is 1. The predicted molar refractivity (Wildman–Crippen MR) is 119 cm³/mol. The third kappa shape index (κ3) is 8.71. The van der Waals surface area contributed by atoms with Gasteiger partial charge in [-0.05, 0) is 57.4 Å². The molecule has 0 amide bonds. The molecule has 0 bridgehead atoms. The van der Waals surface area contributed by atoms with Crippen molar-refractivity contribution in [1.29, 1.82) is 0 Å². The summed E-state index contributed by atoms with van der Waals surface area (Å²) in [4.78, 5) is 15.3.